The number of hydrogen-bond donors (Lipinski definition) is 0. The molecule has 0 unspecified atom stereocenters. The molecule has 0 aliphatic heterocycles. The molecule has 0 fully saturated rings. The SMILES string of the molecule is CC(C)CC[C@@H](CC(=O)[O-])c1ccc(OC(C)C)cc1. The van der Waals surface area contributed by atoms with Gasteiger partial charge in [0.05, 0.1) is 6.10 Å². The molecule has 0 spiro atoms. The number of carboxylic acid groups (broad SMARTS) is 1. The summed E-state index contributed by atoms with van der Waals surface area (Å²) in [6.45, 7) is 8.26. The van der Waals surface area contributed by atoms with Crippen molar-refractivity contribution in [3.8, 4) is 5.75 Å². The zero-order valence-corrected chi connectivity index (χ0v) is 12.9. The van der Waals surface area contributed by atoms with Gasteiger partial charge in [-0.1, -0.05) is 32.4 Å². The van der Waals surface area contributed by atoms with Crippen LogP contribution in [0.2, 0.25) is 0 Å². The van der Waals surface area contributed by atoms with Crippen LogP contribution in [0.15, 0.2) is 24.3 Å². The Kier molecular flexibility index (Phi) is 6.56. The molecular weight excluding hydrogens is 252 g/mol. The van der Waals surface area contributed by atoms with E-state index in [4.69, 9.17) is 4.74 Å². The van der Waals surface area contributed by atoms with Crippen LogP contribution in [0.3, 0.4) is 0 Å². The standard InChI is InChI=1S/C17H26O3/c1-12(2)5-6-15(11-17(18)19)14-7-9-16(10-8-14)20-13(3)4/h7-10,12-13,15H,5-6,11H2,1-4H3,(H,18,19)/p-1/t15-/m0/s1. The summed E-state index contributed by atoms with van der Waals surface area (Å²) in [6.07, 6.45) is 2.11. The number of rotatable bonds is 8. The average molecular weight is 277 g/mol. The van der Waals surface area contributed by atoms with Crippen molar-refractivity contribution in [1.82, 2.24) is 0 Å². The highest BCUT2D eigenvalue weighted by Crippen LogP contribution is 2.28. The number of hydrogen-bond acceptors (Lipinski definition) is 3. The summed E-state index contributed by atoms with van der Waals surface area (Å²) < 4.78 is 5.60. The van der Waals surface area contributed by atoms with Gasteiger partial charge in [0.2, 0.25) is 0 Å². The predicted octanol–water partition coefficient (Wildman–Crippen LogP) is 3.13. The van der Waals surface area contributed by atoms with Crippen molar-refractivity contribution in [1.29, 1.82) is 0 Å². The lowest BCUT2D eigenvalue weighted by Crippen LogP contribution is -2.24. The van der Waals surface area contributed by atoms with Gasteiger partial charge < -0.3 is 14.6 Å². The van der Waals surface area contributed by atoms with Gasteiger partial charge in [0.25, 0.3) is 0 Å². The topological polar surface area (TPSA) is 49.4 Å². The normalized spacial score (nSPS) is 12.7. The van der Waals surface area contributed by atoms with Gasteiger partial charge in [-0.3, -0.25) is 0 Å². The first-order valence-electron chi connectivity index (χ1n) is 7.35. The molecule has 1 aromatic carbocycles. The van der Waals surface area contributed by atoms with Crippen molar-refractivity contribution < 1.29 is 14.6 Å². The minimum absolute atomic E-state index is 0.0236. The minimum atomic E-state index is -0.985. The van der Waals surface area contributed by atoms with Crippen molar-refractivity contribution in [3.05, 3.63) is 29.8 Å². The summed E-state index contributed by atoms with van der Waals surface area (Å²) in [4.78, 5) is 10.9. The quantitative estimate of drug-likeness (QED) is 0.733. The van der Waals surface area contributed by atoms with E-state index in [0.717, 1.165) is 24.2 Å². The van der Waals surface area contributed by atoms with Gasteiger partial charge in [0, 0.05) is 5.97 Å². The molecule has 0 radical (unpaired) electrons. The fourth-order valence-electron chi connectivity index (χ4n) is 2.21. The molecule has 0 bridgehead atoms. The molecule has 0 aliphatic carbocycles. The van der Waals surface area contributed by atoms with Crippen LogP contribution in [0.4, 0.5) is 0 Å². The third-order valence-electron chi connectivity index (χ3n) is 3.23. The van der Waals surface area contributed by atoms with Gasteiger partial charge in [-0.2, -0.15) is 0 Å². The van der Waals surface area contributed by atoms with Gasteiger partial charge in [-0.25, -0.2) is 0 Å². The van der Waals surface area contributed by atoms with E-state index in [0.29, 0.717) is 5.92 Å². The maximum absolute atomic E-state index is 10.9. The van der Waals surface area contributed by atoms with Crippen molar-refractivity contribution in [2.24, 2.45) is 5.92 Å². The van der Waals surface area contributed by atoms with Crippen LogP contribution in [0, 0.1) is 5.92 Å². The van der Waals surface area contributed by atoms with Crippen molar-refractivity contribution in [3.63, 3.8) is 0 Å². The van der Waals surface area contributed by atoms with Crippen LogP contribution in [0.5, 0.6) is 5.75 Å². The summed E-state index contributed by atoms with van der Waals surface area (Å²) in [5, 5.41) is 10.9. The van der Waals surface area contributed by atoms with E-state index in [-0.39, 0.29) is 18.4 Å². The number of ether oxygens (including phenoxy) is 1. The Morgan fingerprint density at radius 2 is 1.70 bits per heavy atom. The average Bonchev–Trinajstić information content (AvgIpc) is 2.34. The molecular formula is C17H25O3-. The molecule has 112 valence electrons. The molecule has 3 nitrogen and oxygen atoms in total. The van der Waals surface area contributed by atoms with Gasteiger partial charge >= 0.3 is 0 Å². The fourth-order valence-corrected chi connectivity index (χ4v) is 2.21. The maximum Gasteiger partial charge on any atom is 0.119 e. The second-order valence-electron chi connectivity index (χ2n) is 5.98. The molecule has 0 aliphatic rings. The van der Waals surface area contributed by atoms with E-state index >= 15 is 0 Å². The van der Waals surface area contributed by atoms with Gasteiger partial charge in [-0.15, -0.1) is 0 Å². The molecule has 0 aromatic heterocycles. The van der Waals surface area contributed by atoms with Crippen molar-refractivity contribution in [2.45, 2.75) is 59.0 Å². The lowest BCUT2D eigenvalue weighted by atomic mass is 9.89. The number of benzene rings is 1. The first-order valence-corrected chi connectivity index (χ1v) is 7.35. The summed E-state index contributed by atoms with van der Waals surface area (Å²) in [7, 11) is 0. The largest absolute Gasteiger partial charge is 0.550 e. The Labute approximate surface area is 122 Å². The summed E-state index contributed by atoms with van der Waals surface area (Å²) in [6, 6.07) is 7.75. The molecule has 1 atom stereocenters. The smallest absolute Gasteiger partial charge is 0.119 e. The minimum Gasteiger partial charge on any atom is -0.550 e. The Morgan fingerprint density at radius 3 is 2.15 bits per heavy atom. The molecule has 1 aromatic rings. The number of carbonyl (C=O) groups excluding carboxylic acids is 1. The molecule has 0 heterocycles. The highest BCUT2D eigenvalue weighted by molar-refractivity contribution is 5.65. The Hall–Kier alpha value is -1.51. The summed E-state index contributed by atoms with van der Waals surface area (Å²) in [5.41, 5.74) is 1.05. The first kappa shape index (κ1) is 16.5. The summed E-state index contributed by atoms with van der Waals surface area (Å²) >= 11 is 0. The second-order valence-corrected chi connectivity index (χ2v) is 5.98. The van der Waals surface area contributed by atoms with E-state index < -0.39 is 5.97 Å². The van der Waals surface area contributed by atoms with Crippen LogP contribution in [0.25, 0.3) is 0 Å². The highest BCUT2D eigenvalue weighted by atomic mass is 16.5. The molecule has 20 heavy (non-hydrogen) atoms. The first-order chi connectivity index (χ1) is 9.38. The van der Waals surface area contributed by atoms with Crippen LogP contribution < -0.4 is 9.84 Å². The Morgan fingerprint density at radius 1 is 1.10 bits per heavy atom. The molecule has 1 rings (SSSR count). The van der Waals surface area contributed by atoms with Crippen molar-refractivity contribution in [2.75, 3.05) is 0 Å². The predicted molar refractivity (Wildman–Crippen MR) is 78.6 cm³/mol. The van der Waals surface area contributed by atoms with Crippen LogP contribution in [0.1, 0.15) is 58.4 Å². The van der Waals surface area contributed by atoms with Gasteiger partial charge in [0.15, 0.2) is 0 Å². The number of aliphatic carboxylic acids is 1. The lowest BCUT2D eigenvalue weighted by molar-refractivity contribution is -0.306. The monoisotopic (exact) mass is 277 g/mol. The molecule has 0 N–H and O–H groups in total. The molecule has 3 heteroatoms. The van der Waals surface area contributed by atoms with E-state index in [1.807, 2.05) is 38.1 Å². The zero-order valence-electron chi connectivity index (χ0n) is 12.9. The molecule has 0 amide bonds. The number of carboxylic acids is 1. The fraction of sp³-hybridized carbons (Fsp3) is 0.588. The van der Waals surface area contributed by atoms with Crippen LogP contribution in [-0.2, 0) is 4.79 Å². The van der Waals surface area contributed by atoms with E-state index in [2.05, 4.69) is 13.8 Å². The third-order valence-corrected chi connectivity index (χ3v) is 3.23. The summed E-state index contributed by atoms with van der Waals surface area (Å²) in [5.74, 6) is 0.430. The van der Waals surface area contributed by atoms with E-state index in [9.17, 15) is 9.90 Å². The van der Waals surface area contributed by atoms with E-state index in [1.54, 1.807) is 0 Å². The zero-order chi connectivity index (χ0) is 15.1. The Bertz CT molecular complexity index is 407. The maximum atomic E-state index is 10.9. The number of carbonyl (C=O) groups is 1. The molecule has 0 saturated heterocycles. The van der Waals surface area contributed by atoms with Crippen LogP contribution >= 0.6 is 0 Å². The van der Waals surface area contributed by atoms with Crippen LogP contribution in [-0.4, -0.2) is 12.1 Å². The highest BCUT2D eigenvalue weighted by Gasteiger charge is 2.13. The van der Waals surface area contributed by atoms with Gasteiger partial charge in [0.1, 0.15) is 5.75 Å². The molecule has 0 saturated carbocycles. The Balaban J connectivity index is 2.76. The lowest BCUT2D eigenvalue weighted by Gasteiger charge is -2.20. The second kappa shape index (κ2) is 7.93. The van der Waals surface area contributed by atoms with Gasteiger partial charge in [-0.05, 0) is 56.2 Å². The van der Waals surface area contributed by atoms with E-state index in [1.165, 1.54) is 0 Å². The van der Waals surface area contributed by atoms with Crippen molar-refractivity contribution >= 4 is 5.97 Å². The third kappa shape index (κ3) is 6.09.